The van der Waals surface area contributed by atoms with Crippen LogP contribution >= 0.6 is 0 Å². The van der Waals surface area contributed by atoms with Crippen LogP contribution in [0.2, 0.25) is 0 Å². The van der Waals surface area contributed by atoms with Crippen molar-refractivity contribution in [1.29, 1.82) is 0 Å². The van der Waals surface area contributed by atoms with Crippen LogP contribution in [-0.2, 0) is 0 Å². The number of hydrogen-bond donors (Lipinski definition) is 2. The highest BCUT2D eigenvalue weighted by Gasteiger charge is 2.33. The molecule has 0 saturated heterocycles. The molecule has 0 aliphatic heterocycles. The molecule has 5 nitrogen and oxygen atoms in total. The number of aliphatic hydroxyl groups excluding tert-OH is 1. The first-order valence-corrected chi connectivity index (χ1v) is 7.51. The Labute approximate surface area is 120 Å². The van der Waals surface area contributed by atoms with E-state index in [0.29, 0.717) is 18.4 Å². The molecule has 2 N–H and O–H groups in total. The topological polar surface area (TPSA) is 67.3 Å². The van der Waals surface area contributed by atoms with E-state index in [1.165, 1.54) is 12.8 Å². The van der Waals surface area contributed by atoms with E-state index < -0.39 is 0 Å². The molecule has 0 unspecified atom stereocenters. The second kappa shape index (κ2) is 6.88. The summed E-state index contributed by atoms with van der Waals surface area (Å²) in [4.78, 5) is 8.76. The van der Waals surface area contributed by atoms with Gasteiger partial charge in [0.25, 0.3) is 0 Å². The average molecular weight is 279 g/mol. The van der Waals surface area contributed by atoms with Crippen LogP contribution in [0.3, 0.4) is 0 Å². The van der Waals surface area contributed by atoms with Gasteiger partial charge < -0.3 is 15.2 Å². The molecule has 1 heterocycles. The average Bonchev–Trinajstić information content (AvgIpc) is 2.92. The summed E-state index contributed by atoms with van der Waals surface area (Å²) < 4.78 is 5.56. The van der Waals surface area contributed by atoms with Crippen molar-refractivity contribution in [2.75, 3.05) is 25.1 Å². The van der Waals surface area contributed by atoms with Crippen LogP contribution in [0.4, 0.5) is 5.95 Å². The Morgan fingerprint density at radius 1 is 1.35 bits per heavy atom. The van der Waals surface area contributed by atoms with Crippen molar-refractivity contribution in [1.82, 2.24) is 9.97 Å². The van der Waals surface area contributed by atoms with E-state index in [1.54, 1.807) is 0 Å². The molecule has 0 radical (unpaired) electrons. The maximum atomic E-state index is 9.61. The molecular formula is C15H25N3O2. The fourth-order valence-electron chi connectivity index (χ4n) is 2.68. The molecule has 5 heteroatoms. The van der Waals surface area contributed by atoms with Gasteiger partial charge in [0, 0.05) is 23.7 Å². The lowest BCUT2D eigenvalue weighted by atomic mass is 9.87. The van der Waals surface area contributed by atoms with Gasteiger partial charge in [-0.3, -0.25) is 0 Å². The van der Waals surface area contributed by atoms with E-state index in [2.05, 4.69) is 22.2 Å². The molecule has 0 amide bonds. The number of nitrogens with zero attached hydrogens (tertiary/aromatic N) is 2. The van der Waals surface area contributed by atoms with Gasteiger partial charge in [0.1, 0.15) is 0 Å². The van der Waals surface area contributed by atoms with Crippen molar-refractivity contribution in [3.05, 3.63) is 11.8 Å². The quantitative estimate of drug-likeness (QED) is 0.803. The van der Waals surface area contributed by atoms with Crippen molar-refractivity contribution in [2.45, 2.75) is 46.0 Å². The summed E-state index contributed by atoms with van der Waals surface area (Å²) in [6, 6.07) is 1.85. The zero-order valence-corrected chi connectivity index (χ0v) is 12.5. The van der Waals surface area contributed by atoms with Crippen molar-refractivity contribution in [3.63, 3.8) is 0 Å². The number of hydrogen-bond acceptors (Lipinski definition) is 5. The highest BCUT2D eigenvalue weighted by molar-refractivity contribution is 5.31. The standard InChI is InChI=1S/C15H25N3O2/c1-3-8-20-13-9-12(2)17-14(18-13)16-10-15(11-19)6-4-5-7-15/h9,19H,3-8,10-11H2,1-2H3,(H,16,17,18). The predicted molar refractivity (Wildman–Crippen MR) is 79.0 cm³/mol. The molecule has 2 rings (SSSR count). The number of aryl methyl sites for hydroxylation is 1. The smallest absolute Gasteiger partial charge is 0.226 e. The first-order chi connectivity index (χ1) is 9.67. The van der Waals surface area contributed by atoms with Crippen LogP contribution in [0.25, 0.3) is 0 Å². The van der Waals surface area contributed by atoms with Crippen LogP contribution in [-0.4, -0.2) is 34.8 Å². The minimum atomic E-state index is -0.00244. The van der Waals surface area contributed by atoms with E-state index in [0.717, 1.165) is 31.5 Å². The molecule has 0 aromatic carbocycles. The summed E-state index contributed by atoms with van der Waals surface area (Å²) in [5, 5.41) is 12.9. The van der Waals surface area contributed by atoms with Gasteiger partial charge in [-0.05, 0) is 26.2 Å². The molecule has 0 spiro atoms. The molecule has 1 fully saturated rings. The Bertz CT molecular complexity index is 431. The maximum Gasteiger partial charge on any atom is 0.226 e. The van der Waals surface area contributed by atoms with Crippen molar-refractivity contribution >= 4 is 5.95 Å². The summed E-state index contributed by atoms with van der Waals surface area (Å²) in [5.74, 6) is 1.21. The monoisotopic (exact) mass is 279 g/mol. The zero-order chi connectivity index (χ0) is 14.4. The van der Waals surface area contributed by atoms with Crippen molar-refractivity contribution in [2.24, 2.45) is 5.41 Å². The Kier molecular flexibility index (Phi) is 5.17. The third-order valence-electron chi connectivity index (χ3n) is 3.91. The van der Waals surface area contributed by atoms with Crippen LogP contribution < -0.4 is 10.1 Å². The number of aromatic nitrogens is 2. The van der Waals surface area contributed by atoms with Crippen LogP contribution in [0.5, 0.6) is 5.88 Å². The van der Waals surface area contributed by atoms with Gasteiger partial charge in [-0.1, -0.05) is 19.8 Å². The summed E-state index contributed by atoms with van der Waals surface area (Å²) in [5.41, 5.74) is 0.885. The number of rotatable bonds is 7. The molecule has 20 heavy (non-hydrogen) atoms. The molecule has 1 saturated carbocycles. The maximum absolute atomic E-state index is 9.61. The Morgan fingerprint density at radius 3 is 2.75 bits per heavy atom. The lowest BCUT2D eigenvalue weighted by Gasteiger charge is -2.26. The number of anilines is 1. The molecule has 1 aromatic rings. The Balaban J connectivity index is 1.99. The van der Waals surface area contributed by atoms with Gasteiger partial charge in [0.15, 0.2) is 0 Å². The molecule has 112 valence electrons. The SMILES string of the molecule is CCCOc1cc(C)nc(NCC2(CO)CCCC2)n1. The van der Waals surface area contributed by atoms with E-state index >= 15 is 0 Å². The van der Waals surface area contributed by atoms with Crippen LogP contribution in [0, 0.1) is 12.3 Å². The van der Waals surface area contributed by atoms with Gasteiger partial charge in [-0.15, -0.1) is 0 Å². The summed E-state index contributed by atoms with van der Waals surface area (Å²) in [6.45, 7) is 5.61. The first-order valence-electron chi connectivity index (χ1n) is 7.51. The normalized spacial score (nSPS) is 17.1. The fourth-order valence-corrected chi connectivity index (χ4v) is 2.68. The summed E-state index contributed by atoms with van der Waals surface area (Å²) in [6.07, 6.45) is 5.49. The number of nitrogens with one attached hydrogen (secondary N) is 1. The second-order valence-electron chi connectivity index (χ2n) is 5.74. The second-order valence-corrected chi connectivity index (χ2v) is 5.74. The minimum Gasteiger partial charge on any atom is -0.478 e. The van der Waals surface area contributed by atoms with Gasteiger partial charge in [-0.2, -0.15) is 4.98 Å². The van der Waals surface area contributed by atoms with Crippen molar-refractivity contribution < 1.29 is 9.84 Å². The third kappa shape index (κ3) is 3.82. The predicted octanol–water partition coefficient (Wildman–Crippen LogP) is 2.54. The van der Waals surface area contributed by atoms with Gasteiger partial charge in [-0.25, -0.2) is 4.98 Å². The van der Waals surface area contributed by atoms with E-state index in [4.69, 9.17) is 4.74 Å². The number of aliphatic hydroxyl groups is 1. The Morgan fingerprint density at radius 2 is 2.10 bits per heavy atom. The molecule has 1 aromatic heterocycles. The molecular weight excluding hydrogens is 254 g/mol. The third-order valence-corrected chi connectivity index (χ3v) is 3.91. The van der Waals surface area contributed by atoms with E-state index in [9.17, 15) is 5.11 Å². The zero-order valence-electron chi connectivity index (χ0n) is 12.5. The van der Waals surface area contributed by atoms with Gasteiger partial charge in [0.05, 0.1) is 13.2 Å². The highest BCUT2D eigenvalue weighted by Crippen LogP contribution is 2.37. The molecule has 0 bridgehead atoms. The summed E-state index contributed by atoms with van der Waals surface area (Å²) in [7, 11) is 0. The molecule has 1 aliphatic carbocycles. The largest absolute Gasteiger partial charge is 0.478 e. The van der Waals surface area contributed by atoms with E-state index in [1.807, 2.05) is 13.0 Å². The summed E-state index contributed by atoms with van der Waals surface area (Å²) >= 11 is 0. The Hall–Kier alpha value is -1.36. The minimum absolute atomic E-state index is 0.00244. The van der Waals surface area contributed by atoms with Crippen molar-refractivity contribution in [3.8, 4) is 5.88 Å². The lowest BCUT2D eigenvalue weighted by Crippen LogP contribution is -2.31. The molecule has 0 atom stereocenters. The molecule has 1 aliphatic rings. The van der Waals surface area contributed by atoms with Crippen LogP contribution in [0.15, 0.2) is 6.07 Å². The number of ether oxygens (including phenoxy) is 1. The highest BCUT2D eigenvalue weighted by atomic mass is 16.5. The van der Waals surface area contributed by atoms with E-state index in [-0.39, 0.29) is 12.0 Å². The lowest BCUT2D eigenvalue weighted by molar-refractivity contribution is 0.142. The van der Waals surface area contributed by atoms with Gasteiger partial charge in [0.2, 0.25) is 11.8 Å². The first kappa shape index (κ1) is 15.0. The fraction of sp³-hybridized carbons (Fsp3) is 0.733. The van der Waals surface area contributed by atoms with Gasteiger partial charge >= 0.3 is 0 Å². The van der Waals surface area contributed by atoms with Crippen LogP contribution in [0.1, 0.15) is 44.7 Å².